The van der Waals surface area contributed by atoms with Crippen molar-refractivity contribution >= 4 is 29.2 Å². The van der Waals surface area contributed by atoms with Crippen LogP contribution in [0.1, 0.15) is 39.5 Å². The van der Waals surface area contributed by atoms with Gasteiger partial charge < -0.3 is 14.2 Å². The van der Waals surface area contributed by atoms with Crippen molar-refractivity contribution in [2.24, 2.45) is 17.8 Å². The Hall–Kier alpha value is -2.68. The summed E-state index contributed by atoms with van der Waals surface area (Å²) in [6.45, 7) is 8.20. The molecular weight excluding hydrogens is 449 g/mol. The highest BCUT2D eigenvalue weighted by molar-refractivity contribution is 6.55. The van der Waals surface area contributed by atoms with E-state index in [0.717, 1.165) is 5.75 Å². The summed E-state index contributed by atoms with van der Waals surface area (Å²) in [5, 5.41) is 0. The molecule has 0 saturated heterocycles. The van der Waals surface area contributed by atoms with Gasteiger partial charge in [-0.3, -0.25) is 4.79 Å². The van der Waals surface area contributed by atoms with Gasteiger partial charge in [0.2, 0.25) is 12.0 Å². The maximum Gasteiger partial charge on any atom is 0.311 e. The first-order chi connectivity index (χ1) is 15.2. The Balaban J connectivity index is 2.16. The van der Waals surface area contributed by atoms with Crippen LogP contribution in [-0.2, 0) is 9.53 Å². The van der Waals surface area contributed by atoms with Crippen LogP contribution < -0.4 is 9.47 Å². The van der Waals surface area contributed by atoms with Gasteiger partial charge in [0.1, 0.15) is 16.0 Å². The third-order valence-corrected chi connectivity index (χ3v) is 4.95. The van der Waals surface area contributed by atoms with Crippen LogP contribution in [0.3, 0.4) is 0 Å². The van der Waals surface area contributed by atoms with Crippen molar-refractivity contribution < 1.29 is 19.0 Å². The number of benzene rings is 1. The van der Waals surface area contributed by atoms with E-state index in [1.807, 2.05) is 39.8 Å². The van der Waals surface area contributed by atoms with Gasteiger partial charge in [-0.05, 0) is 49.1 Å². The summed E-state index contributed by atoms with van der Waals surface area (Å²) >= 11 is 11.5. The number of allylic oxidation sites excluding steroid dienone is 1. The average molecular weight is 476 g/mol. The van der Waals surface area contributed by atoms with E-state index in [0.29, 0.717) is 23.9 Å². The van der Waals surface area contributed by atoms with Crippen LogP contribution in [0, 0.1) is 30.1 Å². The summed E-state index contributed by atoms with van der Waals surface area (Å²) in [6.07, 6.45) is 6.31. The molecule has 0 amide bonds. The van der Waals surface area contributed by atoms with Crippen molar-refractivity contribution in [3.05, 3.63) is 58.7 Å². The highest BCUT2D eigenvalue weighted by Gasteiger charge is 2.31. The Morgan fingerprint density at radius 3 is 2.34 bits per heavy atom. The van der Waals surface area contributed by atoms with Gasteiger partial charge in [-0.25, -0.2) is 4.98 Å². The summed E-state index contributed by atoms with van der Waals surface area (Å²) in [7, 11) is 0. The standard InChI is InChI=1S/C25H27Cl2NO4/c1-6-21(32-25(29)24(16(3)4)17(5)15-22(26)27)20-9-8-10-23(28-20)31-19-13-11-18(12-14-19)30-7-2/h1,8-17,21,24H,7H2,2-5H3. The molecule has 3 unspecified atom stereocenters. The van der Waals surface area contributed by atoms with Crippen molar-refractivity contribution in [1.29, 1.82) is 0 Å². The number of rotatable bonds is 10. The summed E-state index contributed by atoms with van der Waals surface area (Å²) in [5.41, 5.74) is 0.394. The molecule has 2 aromatic rings. The molecule has 1 aromatic carbocycles. The van der Waals surface area contributed by atoms with Crippen LogP contribution in [0.5, 0.6) is 17.4 Å². The molecule has 1 heterocycles. The number of pyridine rings is 1. The van der Waals surface area contributed by atoms with Crippen molar-refractivity contribution in [1.82, 2.24) is 4.98 Å². The monoisotopic (exact) mass is 475 g/mol. The smallest absolute Gasteiger partial charge is 0.311 e. The van der Waals surface area contributed by atoms with E-state index in [4.69, 9.17) is 43.8 Å². The summed E-state index contributed by atoms with van der Waals surface area (Å²) in [4.78, 5) is 17.3. The maximum atomic E-state index is 12.9. The predicted molar refractivity (Wildman–Crippen MR) is 127 cm³/mol. The molecule has 3 atom stereocenters. The molecule has 0 aliphatic carbocycles. The molecule has 32 heavy (non-hydrogen) atoms. The molecule has 0 bridgehead atoms. The van der Waals surface area contributed by atoms with Gasteiger partial charge in [0.05, 0.1) is 18.2 Å². The third-order valence-electron chi connectivity index (χ3n) is 4.70. The second-order valence-corrected chi connectivity index (χ2v) is 8.48. The van der Waals surface area contributed by atoms with E-state index in [2.05, 4.69) is 10.9 Å². The SMILES string of the molecule is C#CC(OC(=O)C(C(C)C)C(C)C=C(Cl)Cl)c1cccc(Oc2ccc(OCC)cc2)n1. The molecule has 0 fully saturated rings. The van der Waals surface area contributed by atoms with Crippen molar-refractivity contribution in [2.45, 2.75) is 33.8 Å². The van der Waals surface area contributed by atoms with Crippen LogP contribution in [0.2, 0.25) is 0 Å². The molecule has 0 N–H and O–H groups in total. The molecule has 170 valence electrons. The molecule has 1 aromatic heterocycles. The lowest BCUT2D eigenvalue weighted by molar-refractivity contribution is -0.155. The molecular formula is C25H27Cl2NO4. The largest absolute Gasteiger partial charge is 0.494 e. The number of terminal acetylenes is 1. The van der Waals surface area contributed by atoms with Crippen LogP contribution in [0.4, 0.5) is 0 Å². The number of aromatic nitrogens is 1. The number of carbonyl (C=O) groups is 1. The molecule has 0 radical (unpaired) electrons. The van der Waals surface area contributed by atoms with Gasteiger partial charge in [0, 0.05) is 6.07 Å². The first-order valence-electron chi connectivity index (χ1n) is 10.3. The lowest BCUT2D eigenvalue weighted by atomic mass is 9.84. The van der Waals surface area contributed by atoms with Crippen molar-refractivity contribution in [3.63, 3.8) is 0 Å². The van der Waals surface area contributed by atoms with Crippen molar-refractivity contribution in [2.75, 3.05) is 6.61 Å². The first-order valence-corrected chi connectivity index (χ1v) is 11.1. The number of hydrogen-bond donors (Lipinski definition) is 0. The summed E-state index contributed by atoms with van der Waals surface area (Å²) < 4.78 is 17.0. The van der Waals surface area contributed by atoms with Gasteiger partial charge in [-0.2, -0.15) is 0 Å². The zero-order valence-corrected chi connectivity index (χ0v) is 20.1. The van der Waals surface area contributed by atoms with Gasteiger partial charge in [0.15, 0.2) is 0 Å². The van der Waals surface area contributed by atoms with Gasteiger partial charge in [-0.1, -0.05) is 62.0 Å². The Bertz CT molecular complexity index is 963. The fourth-order valence-electron chi connectivity index (χ4n) is 3.30. The second-order valence-electron chi connectivity index (χ2n) is 7.48. The Kier molecular flexibility index (Phi) is 9.90. The third kappa shape index (κ3) is 7.47. The van der Waals surface area contributed by atoms with Crippen molar-refractivity contribution in [3.8, 4) is 29.7 Å². The quantitative estimate of drug-likeness (QED) is 0.282. The fourth-order valence-corrected chi connectivity index (χ4v) is 3.69. The first kappa shape index (κ1) is 25.6. The summed E-state index contributed by atoms with van der Waals surface area (Å²) in [6, 6.07) is 12.3. The minimum absolute atomic E-state index is 0.0119. The average Bonchev–Trinajstić information content (AvgIpc) is 2.73. The molecule has 0 aliphatic heterocycles. The minimum Gasteiger partial charge on any atom is -0.494 e. The van der Waals surface area contributed by atoms with Crippen LogP contribution in [0.15, 0.2) is 53.0 Å². The maximum absolute atomic E-state index is 12.9. The molecule has 0 spiro atoms. The zero-order valence-electron chi connectivity index (χ0n) is 18.5. The number of nitrogens with zero attached hydrogens (tertiary/aromatic N) is 1. The van der Waals surface area contributed by atoms with Gasteiger partial charge in [0.25, 0.3) is 0 Å². The lowest BCUT2D eigenvalue weighted by Gasteiger charge is -2.25. The van der Waals surface area contributed by atoms with Gasteiger partial charge >= 0.3 is 5.97 Å². The van der Waals surface area contributed by atoms with Gasteiger partial charge in [-0.15, -0.1) is 6.42 Å². The number of esters is 1. The normalized spacial score (nSPS) is 13.4. The Labute approximate surface area is 199 Å². The molecule has 0 saturated carbocycles. The molecule has 0 aliphatic rings. The Morgan fingerprint density at radius 2 is 1.78 bits per heavy atom. The molecule has 2 rings (SSSR count). The van der Waals surface area contributed by atoms with E-state index >= 15 is 0 Å². The van der Waals surface area contributed by atoms with E-state index < -0.39 is 18.0 Å². The lowest BCUT2D eigenvalue weighted by Crippen LogP contribution is -2.29. The van der Waals surface area contributed by atoms with E-state index in [9.17, 15) is 4.79 Å². The molecule has 5 nitrogen and oxygen atoms in total. The zero-order chi connectivity index (χ0) is 23.7. The van der Waals surface area contributed by atoms with E-state index in [-0.39, 0.29) is 16.3 Å². The second kappa shape index (κ2) is 12.4. The van der Waals surface area contributed by atoms with Crippen LogP contribution in [-0.4, -0.2) is 17.6 Å². The summed E-state index contributed by atoms with van der Waals surface area (Å²) in [5.74, 6) is 3.00. The highest BCUT2D eigenvalue weighted by atomic mass is 35.5. The number of ether oxygens (including phenoxy) is 3. The van der Waals surface area contributed by atoms with E-state index in [1.54, 1.807) is 36.4 Å². The highest BCUT2D eigenvalue weighted by Crippen LogP contribution is 2.29. The van der Waals surface area contributed by atoms with Crippen LogP contribution in [0.25, 0.3) is 0 Å². The Morgan fingerprint density at radius 1 is 1.12 bits per heavy atom. The minimum atomic E-state index is -0.963. The topological polar surface area (TPSA) is 57.7 Å². The van der Waals surface area contributed by atoms with E-state index in [1.165, 1.54) is 0 Å². The molecule has 7 heteroatoms. The number of hydrogen-bond acceptors (Lipinski definition) is 5. The van der Waals surface area contributed by atoms with Crippen LogP contribution >= 0.6 is 23.2 Å². The number of halogens is 2. The number of carbonyl (C=O) groups excluding carboxylic acids is 1. The predicted octanol–water partition coefficient (Wildman–Crippen LogP) is 6.72. The fraction of sp³-hybridized carbons (Fsp3) is 0.360.